The molecule has 3 aromatic rings. The number of nitrogens with one attached hydrogen (secondary N) is 1. The van der Waals surface area contributed by atoms with Crippen LogP contribution in [-0.2, 0) is 12.8 Å². The number of carbonyl (C=O) groups is 1. The van der Waals surface area contributed by atoms with E-state index in [1.165, 1.54) is 11.1 Å². The number of methoxy groups -OCH3 is 1. The Balaban J connectivity index is 1.51. The molecular formula is C22H23N3O2. The molecule has 5 nitrogen and oxygen atoms in total. The van der Waals surface area contributed by atoms with Crippen LogP contribution in [0.4, 0.5) is 0 Å². The lowest BCUT2D eigenvalue weighted by Crippen LogP contribution is -2.38. The van der Waals surface area contributed by atoms with Gasteiger partial charge in [0.1, 0.15) is 5.75 Å². The fraction of sp³-hybridized carbons (Fsp3) is 0.273. The summed E-state index contributed by atoms with van der Waals surface area (Å²) in [6.07, 6.45) is 6.52. The summed E-state index contributed by atoms with van der Waals surface area (Å²) in [5.74, 6) is 0.583. The van der Waals surface area contributed by atoms with Crippen molar-refractivity contribution < 1.29 is 9.53 Å². The van der Waals surface area contributed by atoms with Gasteiger partial charge in [0, 0.05) is 17.8 Å². The molecule has 1 amide bonds. The summed E-state index contributed by atoms with van der Waals surface area (Å²) in [6.45, 7) is 1.94. The highest BCUT2D eigenvalue weighted by molar-refractivity contribution is 5.95. The lowest BCUT2D eigenvalue weighted by atomic mass is 9.88. The van der Waals surface area contributed by atoms with E-state index in [1.807, 2.05) is 29.8 Å². The standard InChI is InChI=1S/C22H23N3O2/c1-15-13-25(14-23-15)20-10-8-18(12-21(20)27-2)22(26)24-19-9-7-16-5-3-4-6-17(16)11-19/h3-6,8,10,12-14,19H,7,9,11H2,1-2H3,(H,24,26). The summed E-state index contributed by atoms with van der Waals surface area (Å²) < 4.78 is 7.40. The molecule has 0 saturated carbocycles. The maximum absolute atomic E-state index is 12.8. The van der Waals surface area contributed by atoms with E-state index in [0.29, 0.717) is 11.3 Å². The van der Waals surface area contributed by atoms with Gasteiger partial charge in [-0.15, -0.1) is 0 Å². The average molecular weight is 361 g/mol. The number of amides is 1. The smallest absolute Gasteiger partial charge is 0.251 e. The zero-order valence-electron chi connectivity index (χ0n) is 15.6. The van der Waals surface area contributed by atoms with Crippen molar-refractivity contribution in [3.05, 3.63) is 77.4 Å². The van der Waals surface area contributed by atoms with Crippen molar-refractivity contribution in [3.63, 3.8) is 0 Å². The maximum Gasteiger partial charge on any atom is 0.251 e. The van der Waals surface area contributed by atoms with E-state index in [2.05, 4.69) is 34.6 Å². The third-order valence-corrected chi connectivity index (χ3v) is 5.11. The van der Waals surface area contributed by atoms with Crippen LogP contribution in [0.25, 0.3) is 5.69 Å². The third-order valence-electron chi connectivity index (χ3n) is 5.11. The van der Waals surface area contributed by atoms with Crippen LogP contribution in [0, 0.1) is 6.92 Å². The topological polar surface area (TPSA) is 56.1 Å². The van der Waals surface area contributed by atoms with Crippen LogP contribution in [0.3, 0.4) is 0 Å². The zero-order chi connectivity index (χ0) is 18.8. The molecule has 0 spiro atoms. The Kier molecular flexibility index (Phi) is 4.67. The maximum atomic E-state index is 12.8. The highest BCUT2D eigenvalue weighted by Gasteiger charge is 2.21. The van der Waals surface area contributed by atoms with Gasteiger partial charge in [-0.1, -0.05) is 24.3 Å². The van der Waals surface area contributed by atoms with Crippen LogP contribution in [-0.4, -0.2) is 28.6 Å². The summed E-state index contributed by atoms with van der Waals surface area (Å²) in [4.78, 5) is 17.0. The van der Waals surface area contributed by atoms with Crippen molar-refractivity contribution in [1.29, 1.82) is 0 Å². The number of fused-ring (bicyclic) bond motifs is 1. The Labute approximate surface area is 159 Å². The Morgan fingerprint density at radius 1 is 1.22 bits per heavy atom. The van der Waals surface area contributed by atoms with Gasteiger partial charge < -0.3 is 14.6 Å². The van der Waals surface area contributed by atoms with E-state index in [4.69, 9.17) is 4.74 Å². The third kappa shape index (κ3) is 3.58. The summed E-state index contributed by atoms with van der Waals surface area (Å²) in [6, 6.07) is 14.1. The first kappa shape index (κ1) is 17.3. The highest BCUT2D eigenvalue weighted by atomic mass is 16.5. The van der Waals surface area contributed by atoms with E-state index < -0.39 is 0 Å². The molecule has 1 atom stereocenters. The lowest BCUT2D eigenvalue weighted by Gasteiger charge is -2.25. The molecule has 138 valence electrons. The minimum atomic E-state index is -0.0638. The number of aromatic nitrogens is 2. The molecule has 0 saturated heterocycles. The molecule has 0 radical (unpaired) electrons. The predicted octanol–water partition coefficient (Wildman–Crippen LogP) is 3.48. The van der Waals surface area contributed by atoms with Crippen LogP contribution in [0.5, 0.6) is 5.75 Å². The first-order valence-electron chi connectivity index (χ1n) is 9.20. The summed E-state index contributed by atoms with van der Waals surface area (Å²) in [7, 11) is 1.61. The molecule has 0 bridgehead atoms. The Morgan fingerprint density at radius 2 is 2.04 bits per heavy atom. The second kappa shape index (κ2) is 7.27. The largest absolute Gasteiger partial charge is 0.495 e. The van der Waals surface area contributed by atoms with Crippen LogP contribution in [0.15, 0.2) is 55.0 Å². The molecule has 1 unspecified atom stereocenters. The van der Waals surface area contributed by atoms with E-state index in [-0.39, 0.29) is 11.9 Å². The van der Waals surface area contributed by atoms with Crippen LogP contribution in [0.2, 0.25) is 0 Å². The lowest BCUT2D eigenvalue weighted by molar-refractivity contribution is 0.0933. The molecule has 1 aromatic heterocycles. The van der Waals surface area contributed by atoms with Crippen molar-refractivity contribution in [2.75, 3.05) is 7.11 Å². The molecule has 1 aliphatic carbocycles. The Morgan fingerprint density at radius 3 is 2.78 bits per heavy atom. The molecule has 0 fully saturated rings. The number of ether oxygens (including phenoxy) is 1. The Hall–Kier alpha value is -3.08. The van der Waals surface area contributed by atoms with Crippen LogP contribution < -0.4 is 10.1 Å². The van der Waals surface area contributed by atoms with Gasteiger partial charge in [-0.25, -0.2) is 4.98 Å². The molecular weight excluding hydrogens is 338 g/mol. The molecule has 1 N–H and O–H groups in total. The molecule has 5 heteroatoms. The number of benzene rings is 2. The second-order valence-corrected chi connectivity index (χ2v) is 6.99. The second-order valence-electron chi connectivity index (χ2n) is 6.99. The van der Waals surface area contributed by atoms with E-state index >= 15 is 0 Å². The minimum absolute atomic E-state index is 0.0638. The summed E-state index contributed by atoms with van der Waals surface area (Å²) in [5, 5.41) is 3.18. The molecule has 1 aliphatic rings. The van der Waals surface area contributed by atoms with E-state index in [0.717, 1.165) is 30.6 Å². The molecule has 1 heterocycles. The number of aryl methyl sites for hydroxylation is 2. The first-order chi connectivity index (χ1) is 13.1. The highest BCUT2D eigenvalue weighted by Crippen LogP contribution is 2.25. The zero-order valence-corrected chi connectivity index (χ0v) is 15.6. The van der Waals surface area contributed by atoms with Crippen molar-refractivity contribution in [2.24, 2.45) is 0 Å². The van der Waals surface area contributed by atoms with Gasteiger partial charge in [-0.05, 0) is 55.5 Å². The average Bonchev–Trinajstić information content (AvgIpc) is 3.13. The van der Waals surface area contributed by atoms with Crippen molar-refractivity contribution in [2.45, 2.75) is 32.2 Å². The fourth-order valence-electron chi connectivity index (χ4n) is 3.67. The quantitative estimate of drug-likeness (QED) is 0.774. The number of imidazole rings is 1. The fourth-order valence-corrected chi connectivity index (χ4v) is 3.67. The van der Waals surface area contributed by atoms with Gasteiger partial charge in [0.25, 0.3) is 5.91 Å². The van der Waals surface area contributed by atoms with Gasteiger partial charge in [0.15, 0.2) is 0 Å². The molecule has 4 rings (SSSR count). The summed E-state index contributed by atoms with van der Waals surface area (Å²) >= 11 is 0. The van der Waals surface area contributed by atoms with Gasteiger partial charge >= 0.3 is 0 Å². The predicted molar refractivity (Wildman–Crippen MR) is 105 cm³/mol. The molecule has 27 heavy (non-hydrogen) atoms. The van der Waals surface area contributed by atoms with Crippen molar-refractivity contribution in [1.82, 2.24) is 14.9 Å². The van der Waals surface area contributed by atoms with Crippen LogP contribution >= 0.6 is 0 Å². The van der Waals surface area contributed by atoms with Gasteiger partial charge in [-0.3, -0.25) is 4.79 Å². The van der Waals surface area contributed by atoms with E-state index in [1.54, 1.807) is 19.5 Å². The van der Waals surface area contributed by atoms with Gasteiger partial charge in [-0.2, -0.15) is 0 Å². The first-order valence-corrected chi connectivity index (χ1v) is 9.20. The number of rotatable bonds is 4. The summed E-state index contributed by atoms with van der Waals surface area (Å²) in [5.41, 5.74) is 5.12. The number of hydrogen-bond acceptors (Lipinski definition) is 3. The van der Waals surface area contributed by atoms with Gasteiger partial charge in [0.2, 0.25) is 0 Å². The molecule has 0 aliphatic heterocycles. The number of carbonyl (C=O) groups excluding carboxylic acids is 1. The SMILES string of the molecule is COc1cc(C(=O)NC2CCc3ccccc3C2)ccc1-n1cnc(C)c1. The van der Waals surface area contributed by atoms with Crippen molar-refractivity contribution >= 4 is 5.91 Å². The van der Waals surface area contributed by atoms with Crippen molar-refractivity contribution in [3.8, 4) is 11.4 Å². The number of hydrogen-bond donors (Lipinski definition) is 1. The monoisotopic (exact) mass is 361 g/mol. The minimum Gasteiger partial charge on any atom is -0.495 e. The number of nitrogens with zero attached hydrogens (tertiary/aromatic N) is 2. The molecule has 2 aromatic carbocycles. The van der Waals surface area contributed by atoms with Gasteiger partial charge in [0.05, 0.1) is 24.8 Å². The van der Waals surface area contributed by atoms with Crippen LogP contribution in [0.1, 0.15) is 33.6 Å². The normalized spacial score (nSPS) is 15.9. The Bertz CT molecular complexity index is 977. The van der Waals surface area contributed by atoms with E-state index in [9.17, 15) is 4.79 Å².